The fourth-order valence-electron chi connectivity index (χ4n) is 3.34. The molecular formula is C25H18N2O3. The van der Waals surface area contributed by atoms with Crippen LogP contribution >= 0.6 is 0 Å². The van der Waals surface area contributed by atoms with Gasteiger partial charge in [-0.2, -0.15) is 0 Å². The van der Waals surface area contributed by atoms with Crippen molar-refractivity contribution in [2.24, 2.45) is 5.11 Å². The van der Waals surface area contributed by atoms with Gasteiger partial charge in [0, 0.05) is 10.7 Å². The summed E-state index contributed by atoms with van der Waals surface area (Å²) in [5, 5.41) is 27.1. The van der Waals surface area contributed by atoms with E-state index >= 15 is 0 Å². The lowest BCUT2D eigenvalue weighted by molar-refractivity contribution is -0.434. The Bertz CT molecular complexity index is 1220. The summed E-state index contributed by atoms with van der Waals surface area (Å²) in [6, 6.07) is 30.8. The van der Waals surface area contributed by atoms with E-state index in [1.165, 1.54) is 6.07 Å². The van der Waals surface area contributed by atoms with Gasteiger partial charge in [0.15, 0.2) is 0 Å². The van der Waals surface area contributed by atoms with Gasteiger partial charge in [-0.3, -0.25) is 0 Å². The number of hydrogen-bond donors (Lipinski definition) is 1. The Kier molecular flexibility index (Phi) is 5.35. The summed E-state index contributed by atoms with van der Waals surface area (Å²) in [7, 11) is 0. The number of carboxylic acid groups (broad SMARTS) is 1. The van der Waals surface area contributed by atoms with Crippen LogP contribution in [0.25, 0.3) is 22.3 Å². The second-order valence-electron chi connectivity index (χ2n) is 6.63. The van der Waals surface area contributed by atoms with Crippen molar-refractivity contribution in [3.8, 4) is 22.3 Å². The predicted octanol–water partition coefficient (Wildman–Crippen LogP) is 6.64. The van der Waals surface area contributed by atoms with Gasteiger partial charge in [0.05, 0.1) is 5.56 Å². The van der Waals surface area contributed by atoms with Crippen LogP contribution in [0.2, 0.25) is 0 Å². The molecule has 0 aliphatic carbocycles. The molecule has 1 N–H and O–H groups in total. The molecule has 0 saturated heterocycles. The van der Waals surface area contributed by atoms with Crippen LogP contribution in [-0.2, 0) is 0 Å². The molecule has 4 rings (SSSR count). The molecule has 146 valence electrons. The third kappa shape index (κ3) is 3.82. The van der Waals surface area contributed by atoms with Crippen LogP contribution in [0.1, 0.15) is 10.4 Å². The molecule has 0 fully saturated rings. The summed E-state index contributed by atoms with van der Waals surface area (Å²) in [6.45, 7) is 0. The van der Waals surface area contributed by atoms with Gasteiger partial charge in [-0.15, -0.1) is 0 Å². The molecule has 4 aromatic rings. The maximum Gasteiger partial charge on any atom is 0.342 e. The Labute approximate surface area is 173 Å². The van der Waals surface area contributed by atoms with E-state index in [-0.39, 0.29) is 11.3 Å². The highest BCUT2D eigenvalue weighted by Crippen LogP contribution is 2.36. The molecule has 0 atom stereocenters. The Morgan fingerprint density at radius 1 is 0.700 bits per heavy atom. The van der Waals surface area contributed by atoms with Gasteiger partial charge in [0.1, 0.15) is 11.3 Å². The van der Waals surface area contributed by atoms with E-state index in [0.29, 0.717) is 16.1 Å². The molecule has 0 spiro atoms. The Hall–Kier alpha value is -4.25. The van der Waals surface area contributed by atoms with Gasteiger partial charge in [-0.25, -0.2) is 4.79 Å². The van der Waals surface area contributed by atoms with Crippen molar-refractivity contribution in [2.75, 3.05) is 0 Å². The summed E-state index contributed by atoms with van der Waals surface area (Å²) in [5.74, 6) is -1.19. The third-order valence-corrected chi connectivity index (χ3v) is 4.73. The molecule has 0 heterocycles. The number of carbonyl (C=O) groups is 1. The number of azo groups is 1. The van der Waals surface area contributed by atoms with E-state index < -0.39 is 5.97 Å². The van der Waals surface area contributed by atoms with Gasteiger partial charge in [0.25, 0.3) is 5.69 Å². The summed E-state index contributed by atoms with van der Waals surface area (Å²) >= 11 is 0. The van der Waals surface area contributed by atoms with Crippen molar-refractivity contribution in [3.05, 3.63) is 114 Å². The van der Waals surface area contributed by atoms with Crippen molar-refractivity contribution in [2.45, 2.75) is 0 Å². The molecule has 4 aromatic carbocycles. The fourth-order valence-corrected chi connectivity index (χ4v) is 3.34. The lowest BCUT2D eigenvalue weighted by atomic mass is 10.0. The Morgan fingerprint density at radius 3 is 1.87 bits per heavy atom. The molecular weight excluding hydrogens is 376 g/mol. The summed E-state index contributed by atoms with van der Waals surface area (Å²) in [4.78, 5) is 12.3. The van der Waals surface area contributed by atoms with Crippen LogP contribution in [0.15, 0.2) is 108 Å². The monoisotopic (exact) mass is 394 g/mol. The minimum absolute atomic E-state index is 0.000866. The van der Waals surface area contributed by atoms with Crippen LogP contribution < -0.4 is 0 Å². The van der Waals surface area contributed by atoms with E-state index in [2.05, 4.69) is 5.11 Å². The lowest BCUT2D eigenvalue weighted by Crippen LogP contribution is -2.05. The SMILES string of the molecule is O=C(O)c1cccc(-c2ccccc2)c1[N+]([O-])=Nc1ccccc1-c1ccccc1. The van der Waals surface area contributed by atoms with Crippen LogP contribution in [0.4, 0.5) is 11.4 Å². The number of hydrogen-bond acceptors (Lipinski definition) is 3. The molecule has 5 nitrogen and oxygen atoms in total. The molecule has 0 unspecified atom stereocenters. The van der Waals surface area contributed by atoms with Gasteiger partial charge < -0.3 is 10.3 Å². The van der Waals surface area contributed by atoms with Crippen molar-refractivity contribution in [1.82, 2.24) is 0 Å². The Morgan fingerprint density at radius 2 is 1.23 bits per heavy atom. The number of nitrogens with zero attached hydrogens (tertiary/aromatic N) is 2. The summed E-state index contributed by atoms with van der Waals surface area (Å²) in [5.41, 5.74) is 3.30. The first-order chi connectivity index (χ1) is 14.6. The highest BCUT2D eigenvalue weighted by molar-refractivity contribution is 5.96. The highest BCUT2D eigenvalue weighted by atomic mass is 16.5. The standard InChI is InChI=1S/C25H18N2O3/c28-25(29)22-16-9-15-21(19-12-5-2-6-13-19)24(22)27(30)26-23-17-8-7-14-20(23)18-10-3-1-4-11-18/h1-17H,(H,28,29). The number of aromatic carboxylic acids is 1. The number of benzene rings is 4. The third-order valence-electron chi connectivity index (χ3n) is 4.73. The number of carboxylic acids is 1. The molecule has 0 aliphatic rings. The second-order valence-corrected chi connectivity index (χ2v) is 6.63. The zero-order valence-corrected chi connectivity index (χ0v) is 16.0. The van der Waals surface area contributed by atoms with Gasteiger partial charge in [-0.05, 0) is 34.2 Å². The molecule has 0 saturated carbocycles. The minimum Gasteiger partial charge on any atom is -0.594 e. The predicted molar refractivity (Wildman–Crippen MR) is 116 cm³/mol. The molecule has 0 radical (unpaired) electrons. The first-order valence-corrected chi connectivity index (χ1v) is 9.40. The van der Waals surface area contributed by atoms with E-state index in [1.807, 2.05) is 72.8 Å². The van der Waals surface area contributed by atoms with Gasteiger partial charge in [0.2, 0.25) is 0 Å². The maximum atomic E-state index is 13.2. The van der Waals surface area contributed by atoms with Crippen LogP contribution in [0, 0.1) is 5.21 Å². The maximum absolute atomic E-state index is 13.2. The first kappa shape index (κ1) is 19.1. The average Bonchev–Trinajstić information content (AvgIpc) is 2.80. The second kappa shape index (κ2) is 8.41. The van der Waals surface area contributed by atoms with E-state index in [4.69, 9.17) is 0 Å². The Balaban J connectivity index is 1.90. The highest BCUT2D eigenvalue weighted by Gasteiger charge is 2.24. The first-order valence-electron chi connectivity index (χ1n) is 9.40. The van der Waals surface area contributed by atoms with Gasteiger partial charge >= 0.3 is 5.97 Å². The summed E-state index contributed by atoms with van der Waals surface area (Å²) < 4.78 is 0. The van der Waals surface area contributed by atoms with Crippen LogP contribution in [-0.4, -0.2) is 15.9 Å². The largest absolute Gasteiger partial charge is 0.594 e. The molecule has 30 heavy (non-hydrogen) atoms. The molecule has 5 heteroatoms. The molecule has 0 amide bonds. The van der Waals surface area contributed by atoms with Crippen LogP contribution in [0.3, 0.4) is 0 Å². The zero-order chi connectivity index (χ0) is 20.9. The molecule has 0 aromatic heterocycles. The minimum atomic E-state index is -1.19. The summed E-state index contributed by atoms with van der Waals surface area (Å²) in [6.07, 6.45) is 0. The van der Waals surface area contributed by atoms with E-state index in [0.717, 1.165) is 16.7 Å². The van der Waals surface area contributed by atoms with Crippen molar-refractivity contribution < 1.29 is 14.8 Å². The smallest absolute Gasteiger partial charge is 0.342 e. The number of para-hydroxylation sites is 1. The molecule has 0 aliphatic heterocycles. The number of rotatable bonds is 5. The topological polar surface area (TPSA) is 75.7 Å². The zero-order valence-electron chi connectivity index (χ0n) is 16.0. The fraction of sp³-hybridized carbons (Fsp3) is 0. The van der Waals surface area contributed by atoms with E-state index in [1.54, 1.807) is 24.3 Å². The van der Waals surface area contributed by atoms with Gasteiger partial charge in [-0.1, -0.05) is 84.9 Å². The van der Waals surface area contributed by atoms with Crippen molar-refractivity contribution >= 4 is 17.3 Å². The van der Waals surface area contributed by atoms with Crippen LogP contribution in [0.5, 0.6) is 0 Å². The van der Waals surface area contributed by atoms with Crippen molar-refractivity contribution in [3.63, 3.8) is 0 Å². The lowest BCUT2D eigenvalue weighted by Gasteiger charge is -2.10. The van der Waals surface area contributed by atoms with Crippen molar-refractivity contribution in [1.29, 1.82) is 0 Å². The normalized spacial score (nSPS) is 11.3. The van der Waals surface area contributed by atoms with E-state index in [9.17, 15) is 15.1 Å². The molecule has 0 bridgehead atoms. The quantitative estimate of drug-likeness (QED) is 0.234. The average molecular weight is 394 g/mol.